The van der Waals surface area contributed by atoms with E-state index in [-0.39, 0.29) is 23.1 Å². The van der Waals surface area contributed by atoms with Crippen LogP contribution in [0.5, 0.6) is 0 Å². The first-order chi connectivity index (χ1) is 10.5. The minimum atomic E-state index is -1.11. The predicted octanol–water partition coefficient (Wildman–Crippen LogP) is 4.54. The molecule has 4 nitrogen and oxygen atoms in total. The van der Waals surface area contributed by atoms with E-state index < -0.39 is 11.9 Å². The molecule has 1 atom stereocenters. The van der Waals surface area contributed by atoms with Crippen LogP contribution in [-0.2, 0) is 4.74 Å². The number of benzene rings is 1. The summed E-state index contributed by atoms with van der Waals surface area (Å²) < 4.78 is 5.57. The molecule has 0 aliphatic rings. The fraction of sp³-hybridized carbons (Fsp3) is 0.556. The average Bonchev–Trinajstić information content (AvgIpc) is 2.49. The van der Waals surface area contributed by atoms with Crippen molar-refractivity contribution in [3.8, 4) is 0 Å². The van der Waals surface area contributed by atoms with E-state index in [1.54, 1.807) is 12.1 Å². The molecule has 0 spiro atoms. The van der Waals surface area contributed by atoms with Crippen molar-refractivity contribution in [3.63, 3.8) is 0 Å². The van der Waals surface area contributed by atoms with E-state index in [9.17, 15) is 9.59 Å². The Balaban J connectivity index is 2.73. The Hall–Kier alpha value is -1.84. The van der Waals surface area contributed by atoms with Crippen molar-refractivity contribution in [2.24, 2.45) is 5.92 Å². The SMILES string of the molecule is CCCCCC[C@@H](OC(=O)c1ccccc1C(=O)O)C(C)C. The number of aromatic carboxylic acids is 1. The molecule has 1 N–H and O–H groups in total. The lowest BCUT2D eigenvalue weighted by Gasteiger charge is -2.21. The lowest BCUT2D eigenvalue weighted by Crippen LogP contribution is -2.24. The number of carboxylic acid groups (broad SMARTS) is 1. The van der Waals surface area contributed by atoms with Gasteiger partial charge >= 0.3 is 11.9 Å². The second kappa shape index (κ2) is 9.23. The highest BCUT2D eigenvalue weighted by molar-refractivity contribution is 6.02. The average molecular weight is 306 g/mol. The Morgan fingerprint density at radius 2 is 1.73 bits per heavy atom. The third kappa shape index (κ3) is 5.51. The highest BCUT2D eigenvalue weighted by atomic mass is 16.5. The molecule has 0 amide bonds. The Kier molecular flexibility index (Phi) is 7.64. The highest BCUT2D eigenvalue weighted by Crippen LogP contribution is 2.19. The number of hydrogen-bond donors (Lipinski definition) is 1. The minimum absolute atomic E-state index is 0.0130. The number of unbranched alkanes of at least 4 members (excludes halogenated alkanes) is 3. The molecule has 122 valence electrons. The summed E-state index contributed by atoms with van der Waals surface area (Å²) in [6, 6.07) is 6.17. The maximum atomic E-state index is 12.3. The molecule has 0 saturated carbocycles. The first-order valence-corrected chi connectivity index (χ1v) is 8.00. The largest absolute Gasteiger partial charge is 0.478 e. The number of ether oxygens (including phenoxy) is 1. The van der Waals surface area contributed by atoms with Gasteiger partial charge in [-0.2, -0.15) is 0 Å². The smallest absolute Gasteiger partial charge is 0.339 e. The van der Waals surface area contributed by atoms with Crippen LogP contribution in [0.3, 0.4) is 0 Å². The zero-order valence-corrected chi connectivity index (χ0v) is 13.7. The fourth-order valence-corrected chi connectivity index (χ4v) is 2.35. The summed E-state index contributed by atoms with van der Waals surface area (Å²) in [5.41, 5.74) is 0.107. The Labute approximate surface area is 132 Å². The summed E-state index contributed by atoms with van der Waals surface area (Å²) in [5, 5.41) is 9.15. The van der Waals surface area contributed by atoms with Crippen LogP contribution in [0.25, 0.3) is 0 Å². The summed E-state index contributed by atoms with van der Waals surface area (Å²) in [4.78, 5) is 23.5. The molecule has 0 aliphatic carbocycles. The van der Waals surface area contributed by atoms with Crippen molar-refractivity contribution >= 4 is 11.9 Å². The molecule has 0 heterocycles. The minimum Gasteiger partial charge on any atom is -0.478 e. The van der Waals surface area contributed by atoms with Gasteiger partial charge in [-0.15, -0.1) is 0 Å². The monoisotopic (exact) mass is 306 g/mol. The number of esters is 1. The molecule has 1 aromatic rings. The van der Waals surface area contributed by atoms with Gasteiger partial charge in [-0.05, 0) is 30.9 Å². The van der Waals surface area contributed by atoms with Gasteiger partial charge in [-0.3, -0.25) is 0 Å². The molecule has 4 heteroatoms. The topological polar surface area (TPSA) is 63.6 Å². The van der Waals surface area contributed by atoms with E-state index in [2.05, 4.69) is 6.92 Å². The van der Waals surface area contributed by atoms with E-state index in [1.165, 1.54) is 18.6 Å². The molecule has 0 bridgehead atoms. The quantitative estimate of drug-likeness (QED) is 0.537. The van der Waals surface area contributed by atoms with Crippen LogP contribution in [0.4, 0.5) is 0 Å². The first kappa shape index (κ1) is 18.2. The van der Waals surface area contributed by atoms with Crippen molar-refractivity contribution in [2.45, 2.75) is 59.0 Å². The summed E-state index contributed by atoms with van der Waals surface area (Å²) in [6.45, 7) is 6.19. The van der Waals surface area contributed by atoms with E-state index in [0.717, 1.165) is 25.7 Å². The normalized spacial score (nSPS) is 12.2. The number of rotatable bonds is 9. The van der Waals surface area contributed by atoms with Crippen molar-refractivity contribution < 1.29 is 19.4 Å². The summed E-state index contributed by atoms with van der Waals surface area (Å²) in [6.07, 6.45) is 5.14. The molecule has 1 rings (SSSR count). The van der Waals surface area contributed by atoms with Gasteiger partial charge in [-0.25, -0.2) is 9.59 Å². The van der Waals surface area contributed by atoms with Crippen LogP contribution in [0.1, 0.15) is 73.6 Å². The summed E-state index contributed by atoms with van der Waals surface area (Å²) >= 11 is 0. The third-order valence-electron chi connectivity index (χ3n) is 3.72. The number of carbonyl (C=O) groups excluding carboxylic acids is 1. The van der Waals surface area contributed by atoms with Crippen LogP contribution >= 0.6 is 0 Å². The van der Waals surface area contributed by atoms with E-state index in [4.69, 9.17) is 9.84 Å². The van der Waals surface area contributed by atoms with Gasteiger partial charge in [0.2, 0.25) is 0 Å². The number of hydrogen-bond acceptors (Lipinski definition) is 3. The number of carbonyl (C=O) groups is 2. The first-order valence-electron chi connectivity index (χ1n) is 8.00. The Bertz CT molecular complexity index is 494. The van der Waals surface area contributed by atoms with Crippen molar-refractivity contribution in [3.05, 3.63) is 35.4 Å². The van der Waals surface area contributed by atoms with Crippen LogP contribution in [-0.4, -0.2) is 23.1 Å². The van der Waals surface area contributed by atoms with Gasteiger partial charge in [0, 0.05) is 0 Å². The van der Waals surface area contributed by atoms with E-state index in [1.807, 2.05) is 13.8 Å². The van der Waals surface area contributed by atoms with Crippen LogP contribution in [0.2, 0.25) is 0 Å². The van der Waals surface area contributed by atoms with Crippen LogP contribution < -0.4 is 0 Å². The van der Waals surface area contributed by atoms with Crippen molar-refractivity contribution in [2.75, 3.05) is 0 Å². The van der Waals surface area contributed by atoms with Gasteiger partial charge in [0.05, 0.1) is 11.1 Å². The lowest BCUT2D eigenvalue weighted by atomic mass is 10.00. The molecule has 0 aromatic heterocycles. The maximum Gasteiger partial charge on any atom is 0.339 e. The summed E-state index contributed by atoms with van der Waals surface area (Å²) in [5.74, 6) is -1.45. The molecule has 0 radical (unpaired) electrons. The van der Waals surface area contributed by atoms with Crippen molar-refractivity contribution in [1.29, 1.82) is 0 Å². The lowest BCUT2D eigenvalue weighted by molar-refractivity contribution is 0.0147. The zero-order chi connectivity index (χ0) is 16.5. The van der Waals surface area contributed by atoms with E-state index in [0.29, 0.717) is 0 Å². The molecule has 0 fully saturated rings. The standard InChI is InChI=1S/C18H26O4/c1-4-5-6-7-12-16(13(2)3)22-18(21)15-11-9-8-10-14(15)17(19)20/h8-11,13,16H,4-7,12H2,1-3H3,(H,19,20)/t16-/m1/s1. The maximum absolute atomic E-state index is 12.3. The van der Waals surface area contributed by atoms with Gasteiger partial charge in [0.1, 0.15) is 6.10 Å². The Morgan fingerprint density at radius 1 is 1.09 bits per heavy atom. The predicted molar refractivity (Wildman–Crippen MR) is 86.2 cm³/mol. The van der Waals surface area contributed by atoms with Gasteiger partial charge in [0.15, 0.2) is 0 Å². The molecule has 22 heavy (non-hydrogen) atoms. The van der Waals surface area contributed by atoms with Crippen LogP contribution in [0.15, 0.2) is 24.3 Å². The number of carboxylic acids is 1. The highest BCUT2D eigenvalue weighted by Gasteiger charge is 2.22. The van der Waals surface area contributed by atoms with Crippen LogP contribution in [0, 0.1) is 5.92 Å². The zero-order valence-electron chi connectivity index (χ0n) is 13.7. The molecule has 1 aromatic carbocycles. The third-order valence-corrected chi connectivity index (χ3v) is 3.72. The van der Waals surface area contributed by atoms with E-state index >= 15 is 0 Å². The second-order valence-electron chi connectivity index (χ2n) is 5.89. The second-order valence-corrected chi connectivity index (χ2v) is 5.89. The van der Waals surface area contributed by atoms with Gasteiger partial charge in [-0.1, -0.05) is 52.2 Å². The molecule has 0 aliphatic heterocycles. The molecule has 0 saturated heterocycles. The fourth-order valence-electron chi connectivity index (χ4n) is 2.35. The molecular weight excluding hydrogens is 280 g/mol. The summed E-state index contributed by atoms with van der Waals surface area (Å²) in [7, 11) is 0. The molecule has 0 unspecified atom stereocenters. The molecular formula is C18H26O4. The Morgan fingerprint density at radius 3 is 2.27 bits per heavy atom. The van der Waals surface area contributed by atoms with Gasteiger partial charge < -0.3 is 9.84 Å². The van der Waals surface area contributed by atoms with Gasteiger partial charge in [0.25, 0.3) is 0 Å². The van der Waals surface area contributed by atoms with Crippen molar-refractivity contribution in [1.82, 2.24) is 0 Å².